The van der Waals surface area contributed by atoms with Crippen LogP contribution in [-0.2, 0) is 29.0 Å². The van der Waals surface area contributed by atoms with Crippen molar-refractivity contribution in [3.05, 3.63) is 49.3 Å². The first-order chi connectivity index (χ1) is 15.1. The van der Waals surface area contributed by atoms with Crippen molar-refractivity contribution in [1.29, 1.82) is 0 Å². The minimum atomic E-state index is -0.126. The van der Waals surface area contributed by atoms with Crippen molar-refractivity contribution in [2.24, 2.45) is 0 Å². The van der Waals surface area contributed by atoms with E-state index < -0.39 is 0 Å². The van der Waals surface area contributed by atoms with E-state index in [2.05, 4.69) is 28.3 Å². The Kier molecular flexibility index (Phi) is 5.95. The van der Waals surface area contributed by atoms with Gasteiger partial charge < -0.3 is 14.6 Å². The SMILES string of the molecule is Cc1ccsc1CN1CCc2nc([C@@H]3CCCN3C(=O)C[C@@H]3CCCO3)[nH]c(=O)c2C1. The number of fused-ring (bicyclic) bond motifs is 1. The summed E-state index contributed by atoms with van der Waals surface area (Å²) in [7, 11) is 0. The molecule has 2 aromatic rings. The third-order valence-electron chi connectivity index (χ3n) is 6.82. The van der Waals surface area contributed by atoms with Gasteiger partial charge in [0.15, 0.2) is 0 Å². The number of aromatic amines is 1. The number of ether oxygens (including phenoxy) is 1. The van der Waals surface area contributed by atoms with Gasteiger partial charge in [-0.15, -0.1) is 11.3 Å². The van der Waals surface area contributed by atoms with Crippen LogP contribution in [0.3, 0.4) is 0 Å². The Morgan fingerprint density at radius 2 is 2.23 bits per heavy atom. The minimum Gasteiger partial charge on any atom is -0.378 e. The Morgan fingerprint density at radius 1 is 1.32 bits per heavy atom. The van der Waals surface area contributed by atoms with Crippen LogP contribution in [0, 0.1) is 6.92 Å². The van der Waals surface area contributed by atoms with Gasteiger partial charge in [0.05, 0.1) is 29.8 Å². The van der Waals surface area contributed by atoms with Crippen LogP contribution in [0.2, 0.25) is 0 Å². The van der Waals surface area contributed by atoms with Crippen molar-refractivity contribution in [3.63, 3.8) is 0 Å². The molecular formula is C23H30N4O3S. The Balaban J connectivity index is 1.31. The molecule has 5 heterocycles. The van der Waals surface area contributed by atoms with Crippen molar-refractivity contribution in [1.82, 2.24) is 19.8 Å². The van der Waals surface area contributed by atoms with E-state index in [0.717, 1.165) is 69.6 Å². The van der Waals surface area contributed by atoms with E-state index in [9.17, 15) is 9.59 Å². The molecular weight excluding hydrogens is 412 g/mol. The lowest BCUT2D eigenvalue weighted by Gasteiger charge is -2.29. The fraction of sp³-hybridized carbons (Fsp3) is 0.609. The van der Waals surface area contributed by atoms with Crippen molar-refractivity contribution in [2.45, 2.75) is 70.7 Å². The molecule has 0 unspecified atom stereocenters. The van der Waals surface area contributed by atoms with Gasteiger partial charge in [-0.25, -0.2) is 4.98 Å². The van der Waals surface area contributed by atoms with E-state index in [4.69, 9.17) is 9.72 Å². The Labute approximate surface area is 186 Å². The number of hydrogen-bond donors (Lipinski definition) is 1. The lowest BCUT2D eigenvalue weighted by molar-refractivity contribution is -0.134. The summed E-state index contributed by atoms with van der Waals surface area (Å²) >= 11 is 1.77. The highest BCUT2D eigenvalue weighted by atomic mass is 32.1. The molecule has 0 aromatic carbocycles. The quantitative estimate of drug-likeness (QED) is 0.770. The van der Waals surface area contributed by atoms with Crippen molar-refractivity contribution >= 4 is 17.2 Å². The van der Waals surface area contributed by atoms with Crippen LogP contribution in [0.1, 0.15) is 65.7 Å². The van der Waals surface area contributed by atoms with Gasteiger partial charge in [-0.2, -0.15) is 0 Å². The smallest absolute Gasteiger partial charge is 0.255 e. The van der Waals surface area contributed by atoms with Crippen molar-refractivity contribution in [2.75, 3.05) is 19.7 Å². The van der Waals surface area contributed by atoms with Crippen LogP contribution < -0.4 is 5.56 Å². The first kappa shape index (κ1) is 20.8. The van der Waals surface area contributed by atoms with Gasteiger partial charge >= 0.3 is 0 Å². The number of rotatable bonds is 5. The molecule has 2 atom stereocenters. The number of amides is 1. The molecule has 2 fully saturated rings. The van der Waals surface area contributed by atoms with Gasteiger partial charge in [0.2, 0.25) is 5.91 Å². The van der Waals surface area contributed by atoms with E-state index in [0.29, 0.717) is 18.8 Å². The maximum atomic E-state index is 13.0. The summed E-state index contributed by atoms with van der Waals surface area (Å²) in [5.74, 6) is 0.775. The zero-order valence-electron chi connectivity index (χ0n) is 18.1. The second kappa shape index (κ2) is 8.84. The lowest BCUT2D eigenvalue weighted by atomic mass is 10.1. The number of hydrogen-bond acceptors (Lipinski definition) is 6. The van der Waals surface area contributed by atoms with Crippen molar-refractivity contribution in [3.8, 4) is 0 Å². The second-order valence-corrected chi connectivity index (χ2v) is 9.95. The highest BCUT2D eigenvalue weighted by Crippen LogP contribution is 2.32. The van der Waals surface area contributed by atoms with E-state index in [1.165, 1.54) is 10.4 Å². The number of aryl methyl sites for hydroxylation is 1. The maximum Gasteiger partial charge on any atom is 0.255 e. The average molecular weight is 443 g/mol. The Bertz CT molecular complexity index is 1010. The Morgan fingerprint density at radius 3 is 3.00 bits per heavy atom. The van der Waals surface area contributed by atoms with Gasteiger partial charge in [0.1, 0.15) is 5.82 Å². The number of likely N-dealkylation sites (tertiary alicyclic amines) is 1. The van der Waals surface area contributed by atoms with Gasteiger partial charge in [0, 0.05) is 44.1 Å². The molecule has 0 bridgehead atoms. The highest BCUT2D eigenvalue weighted by Gasteiger charge is 2.34. The largest absolute Gasteiger partial charge is 0.378 e. The number of carbonyl (C=O) groups is 1. The first-order valence-electron chi connectivity index (χ1n) is 11.4. The lowest BCUT2D eigenvalue weighted by Crippen LogP contribution is -2.38. The molecule has 7 nitrogen and oxygen atoms in total. The molecule has 31 heavy (non-hydrogen) atoms. The van der Waals surface area contributed by atoms with Gasteiger partial charge in [-0.1, -0.05) is 0 Å². The van der Waals surface area contributed by atoms with E-state index in [1.54, 1.807) is 11.3 Å². The number of nitrogens with zero attached hydrogens (tertiary/aromatic N) is 3. The molecule has 8 heteroatoms. The van der Waals surface area contributed by atoms with Crippen LogP contribution in [0.25, 0.3) is 0 Å². The summed E-state index contributed by atoms with van der Waals surface area (Å²) in [5.41, 5.74) is 2.94. The number of nitrogens with one attached hydrogen (secondary N) is 1. The fourth-order valence-electron chi connectivity index (χ4n) is 5.03. The first-order valence-corrected chi connectivity index (χ1v) is 12.2. The standard InChI is InChI=1S/C23H30N4O3S/c1-15-7-11-31-20(15)14-26-9-6-18-17(13-26)23(29)25-22(24-18)19-5-2-8-27(19)21(28)12-16-4-3-10-30-16/h7,11,16,19H,2-6,8-10,12-14H2,1H3,(H,24,25,29)/t16-,19-/m0/s1. The molecule has 0 spiro atoms. The summed E-state index contributed by atoms with van der Waals surface area (Å²) in [5, 5.41) is 2.12. The summed E-state index contributed by atoms with van der Waals surface area (Å²) in [6, 6.07) is 2.02. The molecule has 0 aliphatic carbocycles. The normalized spacial score (nSPS) is 24.0. The Hall–Kier alpha value is -2.03. The number of aromatic nitrogens is 2. The van der Waals surface area contributed by atoms with Gasteiger partial charge in [-0.3, -0.25) is 14.5 Å². The van der Waals surface area contributed by atoms with E-state index >= 15 is 0 Å². The van der Waals surface area contributed by atoms with Gasteiger partial charge in [-0.05, 0) is 49.6 Å². The fourth-order valence-corrected chi connectivity index (χ4v) is 5.98. The summed E-state index contributed by atoms with van der Waals surface area (Å²) in [4.78, 5) is 39.4. The molecule has 166 valence electrons. The zero-order chi connectivity index (χ0) is 21.4. The predicted octanol–water partition coefficient (Wildman–Crippen LogP) is 2.93. The van der Waals surface area contributed by atoms with Crippen LogP contribution in [-0.4, -0.2) is 51.5 Å². The van der Waals surface area contributed by atoms with Crippen LogP contribution in [0.15, 0.2) is 16.2 Å². The highest BCUT2D eigenvalue weighted by molar-refractivity contribution is 7.10. The number of H-pyrrole nitrogens is 1. The van der Waals surface area contributed by atoms with Crippen LogP contribution in [0.4, 0.5) is 0 Å². The van der Waals surface area contributed by atoms with E-state index in [1.807, 2.05) is 4.90 Å². The molecule has 2 aromatic heterocycles. The monoisotopic (exact) mass is 442 g/mol. The second-order valence-electron chi connectivity index (χ2n) is 8.95. The summed E-state index contributed by atoms with van der Waals surface area (Å²) < 4.78 is 5.65. The summed E-state index contributed by atoms with van der Waals surface area (Å²) in [6.45, 7) is 6.01. The molecule has 0 saturated carbocycles. The van der Waals surface area contributed by atoms with Crippen molar-refractivity contribution < 1.29 is 9.53 Å². The molecule has 5 rings (SSSR count). The maximum absolute atomic E-state index is 13.0. The zero-order valence-corrected chi connectivity index (χ0v) is 18.9. The molecule has 0 radical (unpaired) electrons. The topological polar surface area (TPSA) is 78.5 Å². The molecule has 3 aliphatic heterocycles. The van der Waals surface area contributed by atoms with Crippen LogP contribution in [0.5, 0.6) is 0 Å². The molecule has 2 saturated heterocycles. The molecule has 1 N–H and O–H groups in total. The number of carbonyl (C=O) groups excluding carboxylic acids is 1. The molecule has 1 amide bonds. The predicted molar refractivity (Wildman–Crippen MR) is 119 cm³/mol. The third-order valence-corrected chi connectivity index (χ3v) is 7.82. The van der Waals surface area contributed by atoms with Crippen LogP contribution >= 0.6 is 11.3 Å². The number of thiophene rings is 1. The average Bonchev–Trinajstić information content (AvgIpc) is 3.51. The minimum absolute atomic E-state index is 0.0438. The van der Waals surface area contributed by atoms with Gasteiger partial charge in [0.25, 0.3) is 5.56 Å². The van der Waals surface area contributed by atoms with E-state index in [-0.39, 0.29) is 23.6 Å². The summed E-state index contributed by atoms with van der Waals surface area (Å²) in [6.07, 6.45) is 5.03. The molecule has 3 aliphatic rings. The third kappa shape index (κ3) is 4.33.